The Morgan fingerprint density at radius 2 is 2.16 bits per heavy atom. The first-order valence-corrected chi connectivity index (χ1v) is 7.69. The van der Waals surface area contributed by atoms with E-state index < -0.39 is 0 Å². The molecule has 0 aliphatic carbocycles. The van der Waals surface area contributed by atoms with Gasteiger partial charge in [0.15, 0.2) is 5.96 Å². The van der Waals surface area contributed by atoms with Crippen molar-refractivity contribution < 1.29 is 9.47 Å². The van der Waals surface area contributed by atoms with Crippen molar-refractivity contribution in [3.63, 3.8) is 0 Å². The van der Waals surface area contributed by atoms with Crippen LogP contribution in [0.5, 0.6) is 0 Å². The first-order valence-electron chi connectivity index (χ1n) is 6.64. The third-order valence-corrected chi connectivity index (χ3v) is 4.53. The largest absolute Gasteiger partial charge is 0.376 e. The summed E-state index contributed by atoms with van der Waals surface area (Å²) in [5.74, 6) is 2.16. The van der Waals surface area contributed by atoms with Crippen molar-refractivity contribution in [1.29, 1.82) is 0 Å². The predicted octanol–water partition coefficient (Wildman–Crippen LogP) is 1.08. The van der Waals surface area contributed by atoms with E-state index in [1.54, 1.807) is 7.05 Å². The van der Waals surface area contributed by atoms with Crippen molar-refractivity contribution in [3.8, 4) is 0 Å². The summed E-state index contributed by atoms with van der Waals surface area (Å²) in [6.07, 6.45) is 2.79. The highest BCUT2D eigenvalue weighted by Gasteiger charge is 2.17. The molecule has 2 saturated heterocycles. The van der Waals surface area contributed by atoms with Gasteiger partial charge < -0.3 is 20.1 Å². The molecule has 2 aliphatic rings. The van der Waals surface area contributed by atoms with Crippen molar-refractivity contribution in [2.24, 2.45) is 4.99 Å². The van der Waals surface area contributed by atoms with Gasteiger partial charge in [-0.1, -0.05) is 0 Å². The number of nitrogens with one attached hydrogen (secondary N) is 2. The first-order chi connectivity index (χ1) is 8.88. The normalized spacial score (nSPS) is 27.7. The zero-order valence-corrected chi connectivity index (χ0v) is 14.5. The standard InChI is InChI=1S/C12H23N3O2S.HI/c1-13-12(15-8-11-3-2-6-18-11)14-7-10-9-16-4-5-17-10;/h10-11H,2-9H2,1H3,(H2,13,14,15);1H. The van der Waals surface area contributed by atoms with E-state index in [0.29, 0.717) is 19.8 Å². The fraction of sp³-hybridized carbons (Fsp3) is 0.917. The zero-order chi connectivity index (χ0) is 12.6. The highest BCUT2D eigenvalue weighted by atomic mass is 127. The lowest BCUT2D eigenvalue weighted by Gasteiger charge is -2.24. The second-order valence-electron chi connectivity index (χ2n) is 4.54. The molecule has 19 heavy (non-hydrogen) atoms. The van der Waals surface area contributed by atoms with Gasteiger partial charge in [0, 0.05) is 25.4 Å². The molecule has 0 aromatic carbocycles. The zero-order valence-electron chi connectivity index (χ0n) is 11.4. The Hall–Kier alpha value is 0.270. The van der Waals surface area contributed by atoms with E-state index in [2.05, 4.69) is 27.4 Å². The van der Waals surface area contributed by atoms with Crippen LogP contribution in [0.1, 0.15) is 12.8 Å². The maximum absolute atomic E-state index is 5.58. The quantitative estimate of drug-likeness (QED) is 0.420. The van der Waals surface area contributed by atoms with E-state index in [4.69, 9.17) is 9.47 Å². The Bertz CT molecular complexity index is 270. The van der Waals surface area contributed by atoms with E-state index >= 15 is 0 Å². The fourth-order valence-electron chi connectivity index (χ4n) is 2.10. The average molecular weight is 401 g/mol. The van der Waals surface area contributed by atoms with Crippen LogP contribution >= 0.6 is 35.7 Å². The van der Waals surface area contributed by atoms with Gasteiger partial charge in [-0.25, -0.2) is 0 Å². The number of ether oxygens (including phenoxy) is 2. The lowest BCUT2D eigenvalue weighted by atomic mass is 10.2. The molecule has 2 aliphatic heterocycles. The monoisotopic (exact) mass is 401 g/mol. The van der Waals surface area contributed by atoms with Crippen molar-refractivity contribution >= 4 is 41.7 Å². The summed E-state index contributed by atoms with van der Waals surface area (Å²) < 4.78 is 10.9. The number of thioether (sulfide) groups is 1. The predicted molar refractivity (Wildman–Crippen MR) is 90.8 cm³/mol. The third kappa shape index (κ3) is 6.50. The van der Waals surface area contributed by atoms with Crippen LogP contribution in [0.2, 0.25) is 0 Å². The van der Waals surface area contributed by atoms with Gasteiger partial charge in [0.05, 0.1) is 25.9 Å². The van der Waals surface area contributed by atoms with Crippen LogP contribution < -0.4 is 10.6 Å². The van der Waals surface area contributed by atoms with Crippen LogP contribution in [0.25, 0.3) is 0 Å². The smallest absolute Gasteiger partial charge is 0.191 e. The molecule has 2 atom stereocenters. The number of rotatable bonds is 4. The molecule has 7 heteroatoms. The van der Waals surface area contributed by atoms with Crippen LogP contribution in [0, 0.1) is 0 Å². The van der Waals surface area contributed by atoms with Crippen molar-refractivity contribution in [2.75, 3.05) is 45.7 Å². The van der Waals surface area contributed by atoms with Gasteiger partial charge in [0.25, 0.3) is 0 Å². The summed E-state index contributed by atoms with van der Waals surface area (Å²) >= 11 is 2.05. The minimum Gasteiger partial charge on any atom is -0.376 e. The second-order valence-corrected chi connectivity index (χ2v) is 5.95. The fourth-order valence-corrected chi connectivity index (χ4v) is 3.30. The highest BCUT2D eigenvalue weighted by Crippen LogP contribution is 2.25. The van der Waals surface area contributed by atoms with Gasteiger partial charge in [-0.05, 0) is 18.6 Å². The summed E-state index contributed by atoms with van der Waals surface area (Å²) in [6, 6.07) is 0. The maximum Gasteiger partial charge on any atom is 0.191 e. The Morgan fingerprint density at radius 1 is 1.32 bits per heavy atom. The highest BCUT2D eigenvalue weighted by molar-refractivity contribution is 14.0. The SMILES string of the molecule is CN=C(NCC1COCCO1)NCC1CCCS1.I. The molecule has 0 radical (unpaired) electrons. The molecule has 0 saturated carbocycles. The second kappa shape index (κ2) is 10.1. The molecule has 0 amide bonds. The van der Waals surface area contributed by atoms with Gasteiger partial charge >= 0.3 is 0 Å². The molecule has 0 spiro atoms. The number of halogens is 1. The number of guanidine groups is 1. The summed E-state index contributed by atoms with van der Waals surface area (Å²) in [6.45, 7) is 3.81. The van der Waals surface area contributed by atoms with Crippen molar-refractivity contribution in [2.45, 2.75) is 24.2 Å². The number of hydrogen-bond donors (Lipinski definition) is 2. The van der Waals surface area contributed by atoms with Crippen molar-refractivity contribution in [3.05, 3.63) is 0 Å². The summed E-state index contributed by atoms with van der Waals surface area (Å²) in [5.41, 5.74) is 0. The minimum absolute atomic E-state index is 0. The molecule has 112 valence electrons. The Kier molecular flexibility index (Phi) is 9.17. The van der Waals surface area contributed by atoms with E-state index in [9.17, 15) is 0 Å². The van der Waals surface area contributed by atoms with Crippen LogP contribution in [0.15, 0.2) is 4.99 Å². The number of aliphatic imine (C=N–C) groups is 1. The van der Waals surface area contributed by atoms with Crippen molar-refractivity contribution in [1.82, 2.24) is 10.6 Å². The molecular formula is C12H24IN3O2S. The first kappa shape index (κ1) is 17.3. The molecule has 0 aromatic heterocycles. The number of nitrogens with zero attached hydrogens (tertiary/aromatic N) is 1. The van der Waals surface area contributed by atoms with Gasteiger partial charge in [0.1, 0.15) is 0 Å². The molecule has 2 N–H and O–H groups in total. The average Bonchev–Trinajstić information content (AvgIpc) is 2.93. The molecule has 2 fully saturated rings. The molecule has 2 unspecified atom stereocenters. The summed E-state index contributed by atoms with van der Waals surface area (Å²) in [7, 11) is 1.80. The Labute approximate surface area is 136 Å². The van der Waals surface area contributed by atoms with Gasteiger partial charge in [-0.2, -0.15) is 11.8 Å². The lowest BCUT2D eigenvalue weighted by molar-refractivity contribution is -0.0850. The molecular weight excluding hydrogens is 377 g/mol. The minimum atomic E-state index is 0. The molecule has 2 rings (SSSR count). The van der Waals surface area contributed by atoms with Crippen LogP contribution in [-0.4, -0.2) is 63.0 Å². The van der Waals surface area contributed by atoms with E-state index in [1.165, 1.54) is 18.6 Å². The molecule has 0 aromatic rings. The maximum atomic E-state index is 5.58. The van der Waals surface area contributed by atoms with E-state index in [-0.39, 0.29) is 30.1 Å². The summed E-state index contributed by atoms with van der Waals surface area (Å²) in [4.78, 5) is 4.22. The third-order valence-electron chi connectivity index (χ3n) is 3.13. The lowest BCUT2D eigenvalue weighted by Crippen LogP contribution is -2.45. The molecule has 0 bridgehead atoms. The molecule has 2 heterocycles. The molecule has 5 nitrogen and oxygen atoms in total. The van der Waals surface area contributed by atoms with Crippen LogP contribution in [-0.2, 0) is 9.47 Å². The van der Waals surface area contributed by atoms with Gasteiger partial charge in [0.2, 0.25) is 0 Å². The van der Waals surface area contributed by atoms with Gasteiger partial charge in [-0.15, -0.1) is 24.0 Å². The topological polar surface area (TPSA) is 54.9 Å². The van der Waals surface area contributed by atoms with E-state index in [0.717, 1.165) is 24.3 Å². The van der Waals surface area contributed by atoms with Crippen LogP contribution in [0.3, 0.4) is 0 Å². The Balaban J connectivity index is 0.00000180. The number of hydrogen-bond acceptors (Lipinski definition) is 4. The van der Waals surface area contributed by atoms with E-state index in [1.807, 2.05) is 0 Å². The Morgan fingerprint density at radius 3 is 2.79 bits per heavy atom. The van der Waals surface area contributed by atoms with Crippen LogP contribution in [0.4, 0.5) is 0 Å². The summed E-state index contributed by atoms with van der Waals surface area (Å²) in [5, 5.41) is 7.39. The van der Waals surface area contributed by atoms with Gasteiger partial charge in [-0.3, -0.25) is 4.99 Å².